The molecule has 0 radical (unpaired) electrons. The molecule has 1 aromatic heterocycles. The van der Waals surface area contributed by atoms with Crippen molar-refractivity contribution in [3.05, 3.63) is 58.2 Å². The minimum atomic E-state index is -0.632. The Morgan fingerprint density at radius 3 is 2.77 bits per heavy atom. The molecule has 2 rings (SSSR count). The highest BCUT2D eigenvalue weighted by atomic mass is 32.2. The number of hydrogen-bond donors (Lipinski definition) is 0. The molecule has 0 unspecified atom stereocenters. The maximum absolute atomic E-state index is 12.3. The van der Waals surface area contributed by atoms with E-state index in [0.717, 1.165) is 0 Å². The zero-order valence-electron chi connectivity index (χ0n) is 11.6. The molecular formula is C14H13N3O4S. The molecule has 22 heavy (non-hydrogen) atoms. The molecule has 1 aliphatic heterocycles. The van der Waals surface area contributed by atoms with Gasteiger partial charge in [-0.15, -0.1) is 13.2 Å². The topological polar surface area (TPSA) is 89.0 Å². The number of aliphatic imine (C=N–C) groups is 1. The third-order valence-electron chi connectivity index (χ3n) is 2.62. The molecule has 0 saturated carbocycles. The Bertz CT molecular complexity index is 690. The van der Waals surface area contributed by atoms with Gasteiger partial charge in [-0.3, -0.25) is 24.8 Å². The van der Waals surface area contributed by atoms with E-state index in [0.29, 0.717) is 23.2 Å². The minimum Gasteiger partial charge on any atom is -0.401 e. The molecule has 8 heteroatoms. The summed E-state index contributed by atoms with van der Waals surface area (Å²) in [5, 5.41) is 11.1. The first-order valence-electron chi connectivity index (χ1n) is 6.28. The molecule has 0 N–H and O–H groups in total. The van der Waals surface area contributed by atoms with E-state index in [1.54, 1.807) is 12.2 Å². The second-order valence-corrected chi connectivity index (χ2v) is 5.17. The molecule has 114 valence electrons. The Balaban J connectivity index is 2.28. The normalized spacial score (nSPS) is 18.2. The molecule has 0 aliphatic carbocycles. The van der Waals surface area contributed by atoms with Crippen molar-refractivity contribution in [2.75, 3.05) is 13.1 Å². The molecule has 7 nitrogen and oxygen atoms in total. The summed E-state index contributed by atoms with van der Waals surface area (Å²) in [7, 11) is 0. The lowest BCUT2D eigenvalue weighted by atomic mass is 10.3. The van der Waals surface area contributed by atoms with E-state index in [4.69, 9.17) is 4.42 Å². The Kier molecular flexibility index (Phi) is 4.95. The number of rotatable bonds is 6. The van der Waals surface area contributed by atoms with Gasteiger partial charge in [0.1, 0.15) is 10.7 Å². The number of amides is 1. The lowest BCUT2D eigenvalue weighted by molar-refractivity contribution is -0.402. The molecule has 1 aliphatic rings. The number of nitrogens with zero attached hydrogens (tertiary/aromatic N) is 3. The van der Waals surface area contributed by atoms with Gasteiger partial charge < -0.3 is 4.42 Å². The number of hydrogen-bond acceptors (Lipinski definition) is 6. The zero-order valence-corrected chi connectivity index (χ0v) is 12.4. The van der Waals surface area contributed by atoms with Crippen LogP contribution in [0.1, 0.15) is 5.76 Å². The average molecular weight is 319 g/mol. The van der Waals surface area contributed by atoms with Crippen molar-refractivity contribution < 1.29 is 14.1 Å². The van der Waals surface area contributed by atoms with E-state index in [1.807, 2.05) is 0 Å². The van der Waals surface area contributed by atoms with Crippen LogP contribution in [0.3, 0.4) is 0 Å². The van der Waals surface area contributed by atoms with Gasteiger partial charge in [0.05, 0.1) is 17.5 Å². The van der Waals surface area contributed by atoms with Gasteiger partial charge in [-0.05, 0) is 17.8 Å². The van der Waals surface area contributed by atoms with Crippen LogP contribution >= 0.6 is 11.8 Å². The Morgan fingerprint density at radius 2 is 2.18 bits per heavy atom. The number of nitro groups is 1. The summed E-state index contributed by atoms with van der Waals surface area (Å²) < 4.78 is 5.03. The number of amidine groups is 1. The third kappa shape index (κ3) is 3.34. The van der Waals surface area contributed by atoms with E-state index in [2.05, 4.69) is 18.2 Å². The van der Waals surface area contributed by atoms with Crippen molar-refractivity contribution in [3.63, 3.8) is 0 Å². The average Bonchev–Trinajstić information content (AvgIpc) is 3.06. The molecule has 1 saturated heterocycles. The first-order valence-corrected chi connectivity index (χ1v) is 7.10. The van der Waals surface area contributed by atoms with Crippen molar-refractivity contribution in [3.8, 4) is 0 Å². The SMILES string of the molecule is C=CCN=C1S/C(=C/c2ccc([N+](=O)[O-])o2)C(=O)N1CC=C. The Morgan fingerprint density at radius 1 is 1.41 bits per heavy atom. The Hall–Kier alpha value is -2.61. The number of thioether (sulfide) groups is 1. The summed E-state index contributed by atoms with van der Waals surface area (Å²) >= 11 is 1.18. The largest absolute Gasteiger partial charge is 0.433 e. The van der Waals surface area contributed by atoms with Gasteiger partial charge in [0.25, 0.3) is 5.91 Å². The maximum Gasteiger partial charge on any atom is 0.433 e. The Labute approximate surface area is 130 Å². The van der Waals surface area contributed by atoms with Crippen molar-refractivity contribution >= 4 is 34.8 Å². The molecule has 1 aromatic rings. The summed E-state index contributed by atoms with van der Waals surface area (Å²) in [5.41, 5.74) is 0. The van der Waals surface area contributed by atoms with E-state index in [1.165, 1.54) is 34.9 Å². The van der Waals surface area contributed by atoms with Crippen molar-refractivity contribution in [1.82, 2.24) is 4.90 Å². The molecular weight excluding hydrogens is 306 g/mol. The van der Waals surface area contributed by atoms with Crippen molar-refractivity contribution in [1.29, 1.82) is 0 Å². The van der Waals surface area contributed by atoms with Gasteiger partial charge in [0.2, 0.25) is 0 Å². The molecule has 0 bridgehead atoms. The highest BCUT2D eigenvalue weighted by molar-refractivity contribution is 8.18. The fourth-order valence-corrected chi connectivity index (χ4v) is 2.68. The monoisotopic (exact) mass is 319 g/mol. The molecule has 2 heterocycles. The number of carbonyl (C=O) groups is 1. The lowest BCUT2D eigenvalue weighted by Crippen LogP contribution is -2.29. The van der Waals surface area contributed by atoms with Crippen LogP contribution in [0.5, 0.6) is 0 Å². The fourth-order valence-electron chi connectivity index (χ4n) is 1.71. The second-order valence-electron chi connectivity index (χ2n) is 4.16. The molecule has 0 spiro atoms. The quantitative estimate of drug-likeness (QED) is 0.348. The summed E-state index contributed by atoms with van der Waals surface area (Å²) in [4.78, 5) is 28.4. The zero-order chi connectivity index (χ0) is 16.1. The highest BCUT2D eigenvalue weighted by Crippen LogP contribution is 2.33. The highest BCUT2D eigenvalue weighted by Gasteiger charge is 2.32. The van der Waals surface area contributed by atoms with Crippen molar-refractivity contribution in [2.24, 2.45) is 4.99 Å². The standard InChI is InChI=1S/C14H13N3O4S/c1-3-7-15-14-16(8-4-2)13(18)11(22-14)9-10-5-6-12(21-10)17(19)20/h3-6,9H,1-2,7-8H2/b11-9+,15-14?. The van der Waals surface area contributed by atoms with Gasteiger partial charge in [0.15, 0.2) is 5.17 Å². The van der Waals surface area contributed by atoms with Crippen LogP contribution in [0.4, 0.5) is 5.88 Å². The second kappa shape index (κ2) is 6.90. The van der Waals surface area contributed by atoms with Crippen LogP contribution in [0, 0.1) is 10.1 Å². The van der Waals surface area contributed by atoms with Crippen LogP contribution in [0.15, 0.2) is 51.8 Å². The van der Waals surface area contributed by atoms with E-state index in [9.17, 15) is 14.9 Å². The van der Waals surface area contributed by atoms with Gasteiger partial charge in [0, 0.05) is 12.6 Å². The van der Waals surface area contributed by atoms with Crippen LogP contribution in [0.25, 0.3) is 6.08 Å². The van der Waals surface area contributed by atoms with Crippen LogP contribution in [-0.2, 0) is 4.79 Å². The third-order valence-corrected chi connectivity index (χ3v) is 3.67. The van der Waals surface area contributed by atoms with Crippen LogP contribution in [0.2, 0.25) is 0 Å². The van der Waals surface area contributed by atoms with E-state index < -0.39 is 4.92 Å². The van der Waals surface area contributed by atoms with Crippen LogP contribution in [-0.4, -0.2) is 34.0 Å². The number of carbonyl (C=O) groups excluding carboxylic acids is 1. The van der Waals surface area contributed by atoms with E-state index in [-0.39, 0.29) is 17.6 Å². The maximum atomic E-state index is 12.3. The van der Waals surface area contributed by atoms with Gasteiger partial charge in [-0.1, -0.05) is 12.2 Å². The molecule has 0 aromatic carbocycles. The van der Waals surface area contributed by atoms with Gasteiger partial charge in [-0.2, -0.15) is 0 Å². The number of furan rings is 1. The summed E-state index contributed by atoms with van der Waals surface area (Å²) in [5.74, 6) is -0.372. The van der Waals surface area contributed by atoms with Crippen LogP contribution < -0.4 is 0 Å². The summed E-state index contributed by atoms with van der Waals surface area (Å²) in [6, 6.07) is 2.68. The van der Waals surface area contributed by atoms with Gasteiger partial charge in [-0.25, -0.2) is 0 Å². The molecule has 1 amide bonds. The summed E-state index contributed by atoms with van der Waals surface area (Å²) in [6.07, 6.45) is 4.69. The van der Waals surface area contributed by atoms with E-state index >= 15 is 0 Å². The summed E-state index contributed by atoms with van der Waals surface area (Å²) in [6.45, 7) is 7.92. The molecule has 0 atom stereocenters. The minimum absolute atomic E-state index is 0.242. The lowest BCUT2D eigenvalue weighted by Gasteiger charge is -2.11. The van der Waals surface area contributed by atoms with Gasteiger partial charge >= 0.3 is 5.88 Å². The first kappa shape index (κ1) is 15.8. The van der Waals surface area contributed by atoms with Crippen molar-refractivity contribution in [2.45, 2.75) is 0 Å². The predicted molar refractivity (Wildman–Crippen MR) is 85.3 cm³/mol. The molecule has 1 fully saturated rings. The smallest absolute Gasteiger partial charge is 0.401 e. The first-order chi connectivity index (χ1) is 10.6. The fraction of sp³-hybridized carbons (Fsp3) is 0.143. The predicted octanol–water partition coefficient (Wildman–Crippen LogP) is 2.83.